The van der Waals surface area contributed by atoms with E-state index < -0.39 is 10.0 Å². The molecule has 0 radical (unpaired) electrons. The summed E-state index contributed by atoms with van der Waals surface area (Å²) >= 11 is 0. The van der Waals surface area contributed by atoms with Crippen molar-refractivity contribution in [3.8, 4) is 0 Å². The van der Waals surface area contributed by atoms with E-state index in [0.29, 0.717) is 5.92 Å². The van der Waals surface area contributed by atoms with Crippen LogP contribution in [-0.2, 0) is 14.8 Å². The molecule has 112 valence electrons. The molecule has 0 bridgehead atoms. The molecule has 0 atom stereocenters. The lowest BCUT2D eigenvalue weighted by Gasteiger charge is -2.32. The highest BCUT2D eigenvalue weighted by molar-refractivity contribution is 7.88. The first-order chi connectivity index (χ1) is 8.84. The van der Waals surface area contributed by atoms with Crippen LogP contribution in [0, 0.1) is 5.92 Å². The van der Waals surface area contributed by atoms with E-state index in [0.717, 1.165) is 49.5 Å². The molecule has 1 N–H and O–H groups in total. The predicted molar refractivity (Wildman–Crippen MR) is 75.3 cm³/mol. The van der Waals surface area contributed by atoms with Crippen LogP contribution in [0.4, 0.5) is 0 Å². The third-order valence-electron chi connectivity index (χ3n) is 3.69. The quantitative estimate of drug-likeness (QED) is 0.731. The molecule has 1 heterocycles. The first-order valence-corrected chi connectivity index (χ1v) is 8.53. The maximum Gasteiger partial charge on any atom is 0.237 e. The zero-order valence-corrected chi connectivity index (χ0v) is 12.9. The van der Waals surface area contributed by atoms with Crippen LogP contribution in [0.2, 0.25) is 0 Å². The van der Waals surface area contributed by atoms with Crippen molar-refractivity contribution in [1.29, 1.82) is 0 Å². The van der Waals surface area contributed by atoms with Gasteiger partial charge in [-0.25, -0.2) is 8.42 Å². The van der Waals surface area contributed by atoms with Crippen molar-refractivity contribution in [3.05, 3.63) is 0 Å². The number of amides is 1. The van der Waals surface area contributed by atoms with E-state index in [4.69, 9.17) is 0 Å². The Morgan fingerprint density at radius 3 is 2.42 bits per heavy atom. The number of hydrogen-bond donors (Lipinski definition) is 1. The lowest BCUT2D eigenvalue weighted by atomic mass is 9.93. The Labute approximate surface area is 116 Å². The van der Waals surface area contributed by atoms with Crippen molar-refractivity contribution < 1.29 is 13.2 Å². The van der Waals surface area contributed by atoms with E-state index in [1.807, 2.05) is 7.05 Å². The number of carbonyl (C=O) groups is 1. The zero-order chi connectivity index (χ0) is 14.5. The average Bonchev–Trinajstić information content (AvgIpc) is 2.35. The Morgan fingerprint density at radius 1 is 1.37 bits per heavy atom. The number of carbonyl (C=O) groups excluding carboxylic acids is 1. The number of likely N-dealkylation sites (tertiary alicyclic amines) is 1. The normalized spacial score (nSPS) is 18.0. The Bertz CT molecular complexity index is 389. The second kappa shape index (κ2) is 7.21. The van der Waals surface area contributed by atoms with Gasteiger partial charge >= 0.3 is 0 Å². The summed E-state index contributed by atoms with van der Waals surface area (Å²) < 4.78 is 23.6. The molecule has 0 spiro atoms. The van der Waals surface area contributed by atoms with Crippen molar-refractivity contribution in [2.24, 2.45) is 5.92 Å². The van der Waals surface area contributed by atoms with Crippen LogP contribution in [0.1, 0.15) is 19.3 Å². The van der Waals surface area contributed by atoms with Crippen LogP contribution in [0.5, 0.6) is 0 Å². The number of piperidine rings is 1. The van der Waals surface area contributed by atoms with Crippen molar-refractivity contribution in [2.45, 2.75) is 19.3 Å². The fourth-order valence-corrected chi connectivity index (χ4v) is 2.57. The van der Waals surface area contributed by atoms with E-state index >= 15 is 0 Å². The van der Waals surface area contributed by atoms with Crippen LogP contribution in [0.25, 0.3) is 0 Å². The summed E-state index contributed by atoms with van der Waals surface area (Å²) in [5.41, 5.74) is 0. The first-order valence-electron chi connectivity index (χ1n) is 6.68. The molecule has 1 saturated heterocycles. The van der Waals surface area contributed by atoms with E-state index in [-0.39, 0.29) is 12.5 Å². The Kier molecular flexibility index (Phi) is 6.22. The SMILES string of the molecule is CNCCC1CCN(C(=O)CN(C)S(C)(=O)=O)CC1. The summed E-state index contributed by atoms with van der Waals surface area (Å²) in [4.78, 5) is 13.8. The standard InChI is InChI=1S/C12H25N3O3S/c1-13-7-4-11-5-8-15(9-6-11)12(16)10-14(2)19(3,17)18/h11,13H,4-10H2,1-3H3. The van der Waals surface area contributed by atoms with Gasteiger partial charge in [0.05, 0.1) is 12.8 Å². The molecule has 1 fully saturated rings. The fourth-order valence-electron chi connectivity index (χ4n) is 2.23. The maximum absolute atomic E-state index is 12.0. The summed E-state index contributed by atoms with van der Waals surface area (Å²) in [6.45, 7) is 2.44. The van der Waals surface area contributed by atoms with Gasteiger partial charge in [0.15, 0.2) is 0 Å². The van der Waals surface area contributed by atoms with E-state index in [2.05, 4.69) is 5.32 Å². The molecule has 6 nitrogen and oxygen atoms in total. The molecule has 0 unspecified atom stereocenters. The lowest BCUT2D eigenvalue weighted by molar-refractivity contribution is -0.132. The highest BCUT2D eigenvalue weighted by Crippen LogP contribution is 2.20. The van der Waals surface area contributed by atoms with Crippen molar-refractivity contribution in [2.75, 3.05) is 46.5 Å². The maximum atomic E-state index is 12.0. The third kappa shape index (κ3) is 5.46. The summed E-state index contributed by atoms with van der Waals surface area (Å²) in [5.74, 6) is 0.573. The second-order valence-electron chi connectivity index (χ2n) is 5.24. The minimum absolute atomic E-state index is 0.0555. The number of nitrogens with zero attached hydrogens (tertiary/aromatic N) is 2. The van der Waals surface area contributed by atoms with Crippen LogP contribution < -0.4 is 5.32 Å². The van der Waals surface area contributed by atoms with Crippen molar-refractivity contribution >= 4 is 15.9 Å². The average molecular weight is 291 g/mol. The molecular weight excluding hydrogens is 266 g/mol. The van der Waals surface area contributed by atoms with Crippen LogP contribution in [0.3, 0.4) is 0 Å². The van der Waals surface area contributed by atoms with Gasteiger partial charge in [-0.1, -0.05) is 0 Å². The molecule has 0 aliphatic carbocycles. The summed E-state index contributed by atoms with van der Waals surface area (Å²) in [6, 6.07) is 0. The zero-order valence-electron chi connectivity index (χ0n) is 12.1. The highest BCUT2D eigenvalue weighted by atomic mass is 32.2. The molecule has 19 heavy (non-hydrogen) atoms. The van der Waals surface area contributed by atoms with Crippen LogP contribution in [0.15, 0.2) is 0 Å². The number of sulfonamides is 1. The molecule has 0 aromatic carbocycles. The number of likely N-dealkylation sites (N-methyl/N-ethyl adjacent to an activating group) is 1. The van der Waals surface area contributed by atoms with Crippen molar-refractivity contribution in [3.63, 3.8) is 0 Å². The van der Waals surface area contributed by atoms with Gasteiger partial charge in [-0.3, -0.25) is 4.79 Å². The third-order valence-corrected chi connectivity index (χ3v) is 4.96. The van der Waals surface area contributed by atoms with Crippen LogP contribution >= 0.6 is 0 Å². The molecule has 7 heteroatoms. The first kappa shape index (κ1) is 16.4. The minimum atomic E-state index is -3.28. The number of nitrogens with one attached hydrogen (secondary N) is 1. The van der Waals surface area contributed by atoms with Gasteiger partial charge < -0.3 is 10.2 Å². The topological polar surface area (TPSA) is 69.7 Å². The largest absolute Gasteiger partial charge is 0.342 e. The Hall–Kier alpha value is -0.660. The lowest BCUT2D eigenvalue weighted by Crippen LogP contribution is -2.44. The molecule has 0 aromatic heterocycles. The number of hydrogen-bond acceptors (Lipinski definition) is 4. The molecule has 1 aliphatic rings. The summed E-state index contributed by atoms with van der Waals surface area (Å²) in [5, 5.41) is 3.14. The van der Waals surface area contributed by atoms with Gasteiger partial charge in [0.1, 0.15) is 0 Å². The smallest absolute Gasteiger partial charge is 0.237 e. The van der Waals surface area contributed by atoms with Gasteiger partial charge in [-0.15, -0.1) is 0 Å². The van der Waals surface area contributed by atoms with E-state index in [9.17, 15) is 13.2 Å². The fraction of sp³-hybridized carbons (Fsp3) is 0.917. The number of rotatable bonds is 6. The summed E-state index contributed by atoms with van der Waals surface area (Å²) in [7, 11) is 0.0998. The van der Waals surface area contributed by atoms with Gasteiger partial charge in [0, 0.05) is 20.1 Å². The molecule has 1 aliphatic heterocycles. The molecular formula is C12H25N3O3S. The van der Waals surface area contributed by atoms with Crippen LogP contribution in [-0.4, -0.2) is 70.1 Å². The van der Waals surface area contributed by atoms with E-state index in [1.54, 1.807) is 4.90 Å². The molecule has 0 saturated carbocycles. The Balaban J connectivity index is 2.37. The minimum Gasteiger partial charge on any atom is -0.342 e. The van der Waals surface area contributed by atoms with Crippen molar-refractivity contribution in [1.82, 2.24) is 14.5 Å². The Morgan fingerprint density at radius 2 is 1.95 bits per heavy atom. The van der Waals surface area contributed by atoms with Gasteiger partial charge in [-0.2, -0.15) is 4.31 Å². The van der Waals surface area contributed by atoms with Gasteiger partial charge in [-0.05, 0) is 38.8 Å². The molecule has 1 amide bonds. The molecule has 0 aromatic rings. The predicted octanol–water partition coefficient (Wildman–Crippen LogP) is -0.274. The summed E-state index contributed by atoms with van der Waals surface area (Å²) in [6.07, 6.45) is 4.28. The monoisotopic (exact) mass is 291 g/mol. The second-order valence-corrected chi connectivity index (χ2v) is 7.32. The van der Waals surface area contributed by atoms with E-state index in [1.165, 1.54) is 7.05 Å². The van der Waals surface area contributed by atoms with Gasteiger partial charge in [0.2, 0.25) is 15.9 Å². The molecule has 1 rings (SSSR count). The highest BCUT2D eigenvalue weighted by Gasteiger charge is 2.24. The van der Waals surface area contributed by atoms with Gasteiger partial charge in [0.25, 0.3) is 0 Å².